The number of hydrogen-bond acceptors (Lipinski definition) is 6. The maximum Gasteiger partial charge on any atom is 0.414 e. The van der Waals surface area contributed by atoms with Crippen LogP contribution < -0.4 is 15.1 Å². The van der Waals surface area contributed by atoms with Gasteiger partial charge in [-0.05, 0) is 18.2 Å². The number of carbonyl (C=O) groups is 2. The van der Waals surface area contributed by atoms with E-state index < -0.39 is 30.3 Å². The van der Waals surface area contributed by atoms with Gasteiger partial charge in [0.05, 0.1) is 37.6 Å². The highest BCUT2D eigenvalue weighted by atomic mass is 19.3. The minimum atomic E-state index is -3.15. The van der Waals surface area contributed by atoms with Crippen molar-refractivity contribution in [1.82, 2.24) is 10.3 Å². The monoisotopic (exact) mass is 409 g/mol. The molecule has 0 spiro atoms. The number of nitrogens with one attached hydrogen (secondary N) is 1. The second-order valence-corrected chi connectivity index (χ2v) is 6.31. The molecule has 3 rings (SSSR count). The third-order valence-corrected chi connectivity index (χ3v) is 4.36. The van der Waals surface area contributed by atoms with Crippen LogP contribution in [-0.2, 0) is 9.53 Å². The summed E-state index contributed by atoms with van der Waals surface area (Å²) < 4.78 is 44.1. The van der Waals surface area contributed by atoms with Gasteiger partial charge in [0.25, 0.3) is 5.91 Å². The third kappa shape index (κ3) is 4.71. The Morgan fingerprint density at radius 3 is 2.83 bits per heavy atom. The van der Waals surface area contributed by atoms with Gasteiger partial charge < -0.3 is 15.0 Å². The standard InChI is InChI=1S/C18H18F3N5O3/c1-2-5-25-7-6-24(11-23-25)15-4-3-12(8-14(15)19)26-10-13(29-18(26)28)9-22-17(27)16(20)21/h1,3-4,8,11,13,16H,5-7,9-10H2,(H,22,27). The SMILES string of the molecule is C#CCN1CCN(c2ccc(N3CC(CNC(=O)C(F)F)OC3=O)cc2F)C=N1. The van der Waals surface area contributed by atoms with E-state index in [1.54, 1.807) is 16.0 Å². The molecule has 2 aliphatic rings. The smallest absolute Gasteiger partial charge is 0.414 e. The van der Waals surface area contributed by atoms with E-state index >= 15 is 0 Å². The Bertz CT molecular complexity index is 858. The van der Waals surface area contributed by atoms with E-state index in [0.717, 1.165) is 0 Å². The summed E-state index contributed by atoms with van der Waals surface area (Å²) in [5, 5.41) is 7.80. The van der Waals surface area contributed by atoms with Crippen molar-refractivity contribution < 1.29 is 27.5 Å². The van der Waals surface area contributed by atoms with Gasteiger partial charge in [-0.1, -0.05) is 5.92 Å². The summed E-state index contributed by atoms with van der Waals surface area (Å²) in [5.74, 6) is 0.467. The lowest BCUT2D eigenvalue weighted by molar-refractivity contribution is -0.132. The number of halogens is 3. The summed E-state index contributed by atoms with van der Waals surface area (Å²) in [4.78, 5) is 25.7. The molecular weight excluding hydrogens is 391 g/mol. The first kappa shape index (κ1) is 20.3. The molecule has 1 aromatic carbocycles. The minimum Gasteiger partial charge on any atom is -0.442 e. The Hall–Kier alpha value is -3.42. The molecule has 11 heteroatoms. The molecule has 0 bridgehead atoms. The second-order valence-electron chi connectivity index (χ2n) is 6.31. The fourth-order valence-electron chi connectivity index (χ4n) is 2.91. The highest BCUT2D eigenvalue weighted by Crippen LogP contribution is 2.28. The first-order valence-corrected chi connectivity index (χ1v) is 8.71. The number of carbonyl (C=O) groups excluding carboxylic acids is 2. The quantitative estimate of drug-likeness (QED) is 0.716. The highest BCUT2D eigenvalue weighted by Gasteiger charge is 2.33. The molecule has 29 heavy (non-hydrogen) atoms. The molecule has 0 aromatic heterocycles. The van der Waals surface area contributed by atoms with Crippen LogP contribution in [0.2, 0.25) is 0 Å². The topological polar surface area (TPSA) is 77.5 Å². The lowest BCUT2D eigenvalue weighted by Crippen LogP contribution is -2.38. The fraction of sp³-hybridized carbons (Fsp3) is 0.389. The number of cyclic esters (lactones) is 1. The first-order valence-electron chi connectivity index (χ1n) is 8.71. The van der Waals surface area contributed by atoms with Crippen molar-refractivity contribution >= 4 is 29.7 Å². The van der Waals surface area contributed by atoms with Gasteiger partial charge in [0.2, 0.25) is 0 Å². The molecule has 1 saturated heterocycles. The van der Waals surface area contributed by atoms with Crippen LogP contribution in [0.5, 0.6) is 0 Å². The fourth-order valence-corrected chi connectivity index (χ4v) is 2.91. The molecule has 2 heterocycles. The average molecular weight is 409 g/mol. The molecule has 2 aliphatic heterocycles. The van der Waals surface area contributed by atoms with Gasteiger partial charge in [0.15, 0.2) is 0 Å². The van der Waals surface area contributed by atoms with Gasteiger partial charge in [-0.15, -0.1) is 6.42 Å². The van der Waals surface area contributed by atoms with Crippen molar-refractivity contribution in [2.45, 2.75) is 12.5 Å². The number of alkyl halides is 2. The number of anilines is 2. The van der Waals surface area contributed by atoms with Crippen LogP contribution in [0.3, 0.4) is 0 Å². The van der Waals surface area contributed by atoms with Crippen molar-refractivity contribution in [2.75, 3.05) is 42.5 Å². The maximum atomic E-state index is 14.6. The second kappa shape index (κ2) is 8.72. The molecule has 1 N–H and O–H groups in total. The van der Waals surface area contributed by atoms with Gasteiger partial charge in [-0.3, -0.25) is 14.7 Å². The van der Waals surface area contributed by atoms with Crippen molar-refractivity contribution in [1.29, 1.82) is 0 Å². The van der Waals surface area contributed by atoms with Crippen molar-refractivity contribution in [2.24, 2.45) is 5.10 Å². The zero-order valence-electron chi connectivity index (χ0n) is 15.2. The van der Waals surface area contributed by atoms with Crippen LogP contribution in [0.4, 0.5) is 29.3 Å². The molecule has 1 fully saturated rings. The van der Waals surface area contributed by atoms with Crippen LogP contribution in [0.15, 0.2) is 23.3 Å². The minimum absolute atomic E-state index is 0.00659. The number of amides is 2. The van der Waals surface area contributed by atoms with Gasteiger partial charge in [-0.2, -0.15) is 13.9 Å². The summed E-state index contributed by atoms with van der Waals surface area (Å²) >= 11 is 0. The number of hydrogen-bond donors (Lipinski definition) is 1. The van der Waals surface area contributed by atoms with E-state index in [1.807, 2.05) is 5.32 Å². The molecule has 0 aliphatic carbocycles. The predicted molar refractivity (Wildman–Crippen MR) is 99.3 cm³/mol. The molecule has 0 saturated carbocycles. The summed E-state index contributed by atoms with van der Waals surface area (Å²) in [6.45, 7) is 1.12. The van der Waals surface area contributed by atoms with Crippen LogP contribution in [0.1, 0.15) is 0 Å². The Kier molecular flexibility index (Phi) is 6.11. The van der Waals surface area contributed by atoms with Gasteiger partial charge in [0.1, 0.15) is 18.3 Å². The number of hydrazone groups is 1. The highest BCUT2D eigenvalue weighted by molar-refractivity contribution is 5.90. The summed E-state index contributed by atoms with van der Waals surface area (Å²) in [7, 11) is 0. The van der Waals surface area contributed by atoms with Gasteiger partial charge in [0, 0.05) is 6.54 Å². The van der Waals surface area contributed by atoms with E-state index in [1.165, 1.54) is 23.4 Å². The van der Waals surface area contributed by atoms with Crippen LogP contribution >= 0.6 is 0 Å². The predicted octanol–water partition coefficient (Wildman–Crippen LogP) is 1.23. The summed E-state index contributed by atoms with van der Waals surface area (Å²) in [5.41, 5.74) is 0.535. The molecule has 0 radical (unpaired) electrons. The van der Waals surface area contributed by atoms with Crippen molar-refractivity contribution in [3.8, 4) is 12.3 Å². The number of ether oxygens (including phenoxy) is 1. The Balaban J connectivity index is 1.64. The van der Waals surface area contributed by atoms with Crippen molar-refractivity contribution in [3.63, 3.8) is 0 Å². The average Bonchev–Trinajstić information content (AvgIpc) is 3.07. The van der Waals surface area contributed by atoms with Crippen LogP contribution in [0.25, 0.3) is 0 Å². The number of benzene rings is 1. The molecule has 2 amide bonds. The van der Waals surface area contributed by atoms with Crippen LogP contribution in [0, 0.1) is 18.2 Å². The van der Waals surface area contributed by atoms with E-state index in [2.05, 4.69) is 11.0 Å². The lowest BCUT2D eigenvalue weighted by Gasteiger charge is -2.29. The lowest BCUT2D eigenvalue weighted by atomic mass is 10.2. The van der Waals surface area contributed by atoms with E-state index in [4.69, 9.17) is 11.2 Å². The molecule has 8 nitrogen and oxygen atoms in total. The normalized spacial score (nSPS) is 18.8. The van der Waals surface area contributed by atoms with Crippen LogP contribution in [-0.4, -0.2) is 68.6 Å². The number of terminal acetylenes is 1. The Labute approximate surface area is 164 Å². The van der Waals surface area contributed by atoms with Gasteiger partial charge >= 0.3 is 12.5 Å². The van der Waals surface area contributed by atoms with E-state index in [-0.39, 0.29) is 24.5 Å². The first-order chi connectivity index (χ1) is 13.9. The largest absolute Gasteiger partial charge is 0.442 e. The number of nitrogens with zero attached hydrogens (tertiary/aromatic N) is 4. The zero-order valence-corrected chi connectivity index (χ0v) is 15.2. The molecule has 1 unspecified atom stereocenters. The Morgan fingerprint density at radius 1 is 1.41 bits per heavy atom. The zero-order chi connectivity index (χ0) is 21.0. The molecule has 1 atom stereocenters. The Morgan fingerprint density at radius 2 is 2.21 bits per heavy atom. The molecule has 1 aromatic rings. The molecular formula is C18H18F3N5O3. The van der Waals surface area contributed by atoms with E-state index in [9.17, 15) is 22.8 Å². The maximum absolute atomic E-state index is 14.6. The summed E-state index contributed by atoms with van der Waals surface area (Å²) in [6.07, 6.45) is 2.00. The van der Waals surface area contributed by atoms with Crippen molar-refractivity contribution in [3.05, 3.63) is 24.0 Å². The third-order valence-electron chi connectivity index (χ3n) is 4.36. The van der Waals surface area contributed by atoms with Gasteiger partial charge in [-0.25, -0.2) is 9.18 Å². The molecule has 154 valence electrons. The number of rotatable bonds is 6. The summed E-state index contributed by atoms with van der Waals surface area (Å²) in [6, 6.07) is 4.23. The van der Waals surface area contributed by atoms with E-state index in [0.29, 0.717) is 19.6 Å².